The molecule has 5 nitrogen and oxygen atoms in total. The van der Waals surface area contributed by atoms with Crippen LogP contribution in [0.25, 0.3) is 0 Å². The van der Waals surface area contributed by atoms with E-state index in [0.717, 1.165) is 33.3 Å². The zero-order chi connectivity index (χ0) is 19.3. The first-order valence-electron chi connectivity index (χ1n) is 8.77. The molecule has 0 spiro atoms. The number of aromatic nitrogens is 1. The van der Waals surface area contributed by atoms with Crippen LogP contribution in [0.3, 0.4) is 0 Å². The molecular formula is C19H28N2O3S2. The van der Waals surface area contributed by atoms with E-state index in [0.29, 0.717) is 12.3 Å². The van der Waals surface area contributed by atoms with Crippen molar-refractivity contribution in [3.63, 3.8) is 0 Å². The Balaban J connectivity index is 2.09. The number of methoxy groups -OCH3 is 1. The molecule has 2 rings (SSSR count). The van der Waals surface area contributed by atoms with Gasteiger partial charge in [0.1, 0.15) is 10.8 Å². The molecule has 0 aliphatic carbocycles. The van der Waals surface area contributed by atoms with Crippen molar-refractivity contribution in [2.45, 2.75) is 46.6 Å². The molecule has 0 radical (unpaired) electrons. The van der Waals surface area contributed by atoms with Gasteiger partial charge in [-0.15, -0.1) is 11.3 Å². The van der Waals surface area contributed by atoms with Crippen LogP contribution in [-0.4, -0.2) is 26.3 Å². The molecule has 0 aliphatic rings. The highest BCUT2D eigenvalue weighted by molar-refractivity contribution is 7.89. The highest BCUT2D eigenvalue weighted by Crippen LogP contribution is 2.28. The van der Waals surface area contributed by atoms with Gasteiger partial charge in [-0.1, -0.05) is 26.0 Å². The first-order chi connectivity index (χ1) is 12.2. The van der Waals surface area contributed by atoms with Crippen molar-refractivity contribution in [1.29, 1.82) is 0 Å². The van der Waals surface area contributed by atoms with Gasteiger partial charge in [0.15, 0.2) is 0 Å². The second-order valence-corrected chi connectivity index (χ2v) is 10.0. The Morgan fingerprint density at radius 3 is 2.58 bits per heavy atom. The summed E-state index contributed by atoms with van der Waals surface area (Å²) in [5.41, 5.74) is 1.91. The van der Waals surface area contributed by atoms with E-state index in [4.69, 9.17) is 4.74 Å². The van der Waals surface area contributed by atoms with E-state index in [9.17, 15) is 8.42 Å². The van der Waals surface area contributed by atoms with Crippen LogP contribution in [0.4, 0.5) is 0 Å². The van der Waals surface area contributed by atoms with E-state index >= 15 is 0 Å². The summed E-state index contributed by atoms with van der Waals surface area (Å²) < 4.78 is 33.4. The third-order valence-corrected chi connectivity index (χ3v) is 6.74. The minimum atomic E-state index is -3.42. The molecule has 26 heavy (non-hydrogen) atoms. The lowest BCUT2D eigenvalue weighted by atomic mass is 10.1. The maximum Gasteiger partial charge on any atom is 0.212 e. The number of rotatable bonds is 9. The van der Waals surface area contributed by atoms with Gasteiger partial charge in [0.2, 0.25) is 10.0 Å². The van der Waals surface area contributed by atoms with Gasteiger partial charge in [-0.05, 0) is 50.3 Å². The van der Waals surface area contributed by atoms with Crippen molar-refractivity contribution in [2.24, 2.45) is 5.92 Å². The molecule has 1 aromatic heterocycles. The summed E-state index contributed by atoms with van der Waals surface area (Å²) in [6.45, 7) is 8.15. The molecule has 144 valence electrons. The average Bonchev–Trinajstić information content (AvgIpc) is 2.91. The van der Waals surface area contributed by atoms with Crippen LogP contribution < -0.4 is 9.46 Å². The predicted molar refractivity (Wildman–Crippen MR) is 107 cm³/mol. The first kappa shape index (κ1) is 20.9. The molecular weight excluding hydrogens is 368 g/mol. The van der Waals surface area contributed by atoms with Crippen LogP contribution in [0.5, 0.6) is 5.75 Å². The lowest BCUT2D eigenvalue weighted by Gasteiger charge is -2.18. The van der Waals surface area contributed by atoms with Crippen LogP contribution >= 0.6 is 11.3 Å². The molecule has 1 N–H and O–H groups in total. The number of ether oxygens (including phenoxy) is 1. The lowest BCUT2D eigenvalue weighted by molar-refractivity contribution is 0.414. The molecule has 0 bridgehead atoms. The summed E-state index contributed by atoms with van der Waals surface area (Å²) in [5, 5.41) is 0.846. The minimum Gasteiger partial charge on any atom is -0.497 e. The molecule has 1 heterocycles. The van der Waals surface area contributed by atoms with Crippen molar-refractivity contribution in [3.8, 4) is 5.75 Å². The number of thiazole rings is 1. The van der Waals surface area contributed by atoms with Crippen molar-refractivity contribution in [1.82, 2.24) is 9.71 Å². The molecule has 1 aromatic carbocycles. The summed E-state index contributed by atoms with van der Waals surface area (Å²) in [4.78, 5) is 5.69. The smallest absolute Gasteiger partial charge is 0.212 e. The summed E-state index contributed by atoms with van der Waals surface area (Å²) in [7, 11) is -1.82. The normalized spacial score (nSPS) is 13.2. The highest BCUT2D eigenvalue weighted by Gasteiger charge is 2.23. The van der Waals surface area contributed by atoms with E-state index in [1.807, 2.05) is 38.1 Å². The number of sulfonamides is 1. The Hall–Kier alpha value is -1.44. The molecule has 0 aliphatic heterocycles. The second-order valence-electron chi connectivity index (χ2n) is 6.91. The maximum absolute atomic E-state index is 12.6. The first-order valence-corrected chi connectivity index (χ1v) is 11.2. The maximum atomic E-state index is 12.6. The predicted octanol–water partition coefficient (Wildman–Crippen LogP) is 4.02. The Bertz CT molecular complexity index is 810. The van der Waals surface area contributed by atoms with Gasteiger partial charge in [0.25, 0.3) is 0 Å². The summed E-state index contributed by atoms with van der Waals surface area (Å²) in [5.74, 6) is 1.14. The molecule has 0 saturated heterocycles. The van der Waals surface area contributed by atoms with Crippen LogP contribution in [0.15, 0.2) is 24.3 Å². The fourth-order valence-corrected chi connectivity index (χ4v) is 5.00. The van der Waals surface area contributed by atoms with Crippen molar-refractivity contribution < 1.29 is 13.2 Å². The third kappa shape index (κ3) is 6.07. The van der Waals surface area contributed by atoms with Crippen LogP contribution in [0, 0.1) is 19.8 Å². The molecule has 1 unspecified atom stereocenters. The van der Waals surface area contributed by atoms with Gasteiger partial charge in [0, 0.05) is 4.88 Å². The van der Waals surface area contributed by atoms with E-state index in [1.54, 1.807) is 18.4 Å². The Labute approximate surface area is 160 Å². The number of hydrogen-bond donors (Lipinski definition) is 1. The molecule has 0 saturated carbocycles. The SMILES string of the molecule is COc1cccc(CCS(=O)(=O)NC(CC(C)C)c2nc(C)c(C)s2)c1. The third-order valence-electron chi connectivity index (χ3n) is 4.17. The van der Waals surface area contributed by atoms with Crippen molar-refractivity contribution in [2.75, 3.05) is 12.9 Å². The van der Waals surface area contributed by atoms with E-state index < -0.39 is 10.0 Å². The van der Waals surface area contributed by atoms with Gasteiger partial charge in [0.05, 0.1) is 24.6 Å². The molecule has 2 aromatic rings. The number of nitrogens with one attached hydrogen (secondary N) is 1. The number of benzene rings is 1. The molecule has 0 fully saturated rings. The van der Waals surface area contributed by atoms with Crippen LogP contribution in [0.2, 0.25) is 0 Å². The van der Waals surface area contributed by atoms with Crippen molar-refractivity contribution in [3.05, 3.63) is 45.4 Å². The number of hydrogen-bond acceptors (Lipinski definition) is 5. The monoisotopic (exact) mass is 396 g/mol. The van der Waals surface area contributed by atoms with Gasteiger partial charge < -0.3 is 4.74 Å². The van der Waals surface area contributed by atoms with Crippen LogP contribution in [0.1, 0.15) is 47.5 Å². The summed E-state index contributed by atoms with van der Waals surface area (Å²) in [6.07, 6.45) is 1.17. The second kappa shape index (κ2) is 8.97. The highest BCUT2D eigenvalue weighted by atomic mass is 32.2. The Morgan fingerprint density at radius 2 is 2.00 bits per heavy atom. The number of aryl methyl sites for hydroxylation is 3. The fourth-order valence-electron chi connectivity index (χ4n) is 2.67. The molecule has 7 heteroatoms. The van der Waals surface area contributed by atoms with Gasteiger partial charge in [-0.2, -0.15) is 0 Å². The lowest BCUT2D eigenvalue weighted by Crippen LogP contribution is -2.32. The zero-order valence-electron chi connectivity index (χ0n) is 16.1. The minimum absolute atomic E-state index is 0.0398. The van der Waals surface area contributed by atoms with E-state index in [-0.39, 0.29) is 11.8 Å². The summed E-state index contributed by atoms with van der Waals surface area (Å²) in [6, 6.07) is 7.23. The van der Waals surface area contributed by atoms with Crippen LogP contribution in [-0.2, 0) is 16.4 Å². The standard InChI is InChI=1S/C19H28N2O3S2/c1-13(2)11-18(19-20-14(3)15(4)25-19)21-26(22,23)10-9-16-7-6-8-17(12-16)24-5/h6-8,12-13,18,21H,9-11H2,1-5H3. The Morgan fingerprint density at radius 1 is 1.27 bits per heavy atom. The van der Waals surface area contributed by atoms with Gasteiger partial charge in [-0.25, -0.2) is 18.1 Å². The Kier molecular flexibility index (Phi) is 7.20. The topological polar surface area (TPSA) is 68.3 Å². The van der Waals surface area contributed by atoms with Gasteiger partial charge >= 0.3 is 0 Å². The molecule has 1 atom stereocenters. The van der Waals surface area contributed by atoms with Gasteiger partial charge in [-0.3, -0.25) is 0 Å². The van der Waals surface area contributed by atoms with E-state index in [1.165, 1.54) is 0 Å². The quantitative estimate of drug-likeness (QED) is 0.695. The molecule has 0 amide bonds. The average molecular weight is 397 g/mol. The van der Waals surface area contributed by atoms with E-state index in [2.05, 4.69) is 23.6 Å². The summed E-state index contributed by atoms with van der Waals surface area (Å²) >= 11 is 1.57. The van der Waals surface area contributed by atoms with Crippen molar-refractivity contribution >= 4 is 21.4 Å². The fraction of sp³-hybridized carbons (Fsp3) is 0.526. The number of nitrogens with zero attached hydrogens (tertiary/aromatic N) is 1. The largest absolute Gasteiger partial charge is 0.497 e. The zero-order valence-corrected chi connectivity index (χ0v) is 17.7.